The second-order valence-corrected chi connectivity index (χ2v) is 7.39. The van der Waals surface area contributed by atoms with Gasteiger partial charge in [-0.15, -0.1) is 0 Å². The van der Waals surface area contributed by atoms with Crippen LogP contribution in [0, 0.1) is 5.92 Å². The first-order chi connectivity index (χ1) is 5.69. The molecule has 1 saturated heterocycles. The van der Waals surface area contributed by atoms with Gasteiger partial charge in [0, 0.05) is 0 Å². The van der Waals surface area contributed by atoms with Crippen LogP contribution in [0.5, 0.6) is 0 Å². The van der Waals surface area contributed by atoms with E-state index < -0.39 is 0 Å². The zero-order valence-corrected chi connectivity index (χ0v) is 9.39. The molecule has 3 unspecified atom stereocenters. The average Bonchev–Trinajstić information content (AvgIpc) is 2.78. The summed E-state index contributed by atoms with van der Waals surface area (Å²) in [6.45, 7) is 7.11. The molecule has 1 heterocycles. The number of hydrogen-bond acceptors (Lipinski definition) is 1. The van der Waals surface area contributed by atoms with Crippen LogP contribution in [0.25, 0.3) is 0 Å². The standard InChI is InChI=1S/C10H19OSi/c1-4-8-5-6-10(12(2)3)9(7-8)11-10/h8-9H,4-7H2,1-3H3. The Morgan fingerprint density at radius 1 is 1.50 bits per heavy atom. The van der Waals surface area contributed by atoms with E-state index in [1.165, 1.54) is 25.7 Å². The van der Waals surface area contributed by atoms with Crippen LogP contribution in [0.3, 0.4) is 0 Å². The van der Waals surface area contributed by atoms with Crippen molar-refractivity contribution >= 4 is 8.80 Å². The zero-order chi connectivity index (χ0) is 8.77. The third kappa shape index (κ3) is 1.16. The first kappa shape index (κ1) is 8.76. The number of hydrogen-bond donors (Lipinski definition) is 0. The maximum absolute atomic E-state index is 5.90. The highest BCUT2D eigenvalue weighted by Crippen LogP contribution is 2.51. The van der Waals surface area contributed by atoms with Crippen LogP contribution in [0.4, 0.5) is 0 Å². The van der Waals surface area contributed by atoms with Crippen molar-refractivity contribution in [3.63, 3.8) is 0 Å². The normalized spacial score (nSPS) is 46.0. The zero-order valence-electron chi connectivity index (χ0n) is 8.39. The molecule has 0 bridgehead atoms. The summed E-state index contributed by atoms with van der Waals surface area (Å²) in [6.07, 6.45) is 6.15. The quantitative estimate of drug-likeness (QED) is 0.473. The lowest BCUT2D eigenvalue weighted by molar-refractivity contribution is 0.346. The van der Waals surface area contributed by atoms with Crippen molar-refractivity contribution in [2.45, 2.75) is 57.0 Å². The molecule has 1 saturated carbocycles. The van der Waals surface area contributed by atoms with Crippen LogP contribution in [0.15, 0.2) is 0 Å². The molecule has 0 aromatic rings. The molecule has 1 aliphatic heterocycles. The SMILES string of the molecule is CCC1CCC2([Si](C)C)OC2C1. The Kier molecular flexibility index (Phi) is 2.08. The van der Waals surface area contributed by atoms with Crippen LogP contribution < -0.4 is 0 Å². The van der Waals surface area contributed by atoms with Crippen molar-refractivity contribution in [3.8, 4) is 0 Å². The highest BCUT2D eigenvalue weighted by atomic mass is 28.3. The number of rotatable bonds is 2. The van der Waals surface area contributed by atoms with Crippen LogP contribution >= 0.6 is 0 Å². The molecule has 69 valence electrons. The first-order valence-corrected chi connectivity index (χ1v) is 7.67. The number of epoxide rings is 1. The van der Waals surface area contributed by atoms with E-state index in [2.05, 4.69) is 20.0 Å². The molecule has 2 aliphatic rings. The summed E-state index contributed by atoms with van der Waals surface area (Å²) in [4.78, 5) is 0. The molecule has 2 fully saturated rings. The van der Waals surface area contributed by atoms with Crippen LogP contribution in [-0.4, -0.2) is 20.1 Å². The van der Waals surface area contributed by atoms with Crippen molar-refractivity contribution in [1.29, 1.82) is 0 Å². The van der Waals surface area contributed by atoms with Crippen LogP contribution in [0.2, 0.25) is 13.1 Å². The molecule has 12 heavy (non-hydrogen) atoms. The Hall–Kier alpha value is 0.177. The first-order valence-electron chi connectivity index (χ1n) is 5.17. The number of ether oxygens (including phenoxy) is 1. The fourth-order valence-corrected chi connectivity index (χ4v) is 4.36. The summed E-state index contributed by atoms with van der Waals surface area (Å²) < 4.78 is 5.90. The molecule has 0 aromatic carbocycles. The Balaban J connectivity index is 1.96. The Bertz CT molecular complexity index is 181. The summed E-state index contributed by atoms with van der Waals surface area (Å²) in [7, 11) is -0.213. The van der Waals surface area contributed by atoms with Crippen LogP contribution in [-0.2, 0) is 4.74 Å². The van der Waals surface area contributed by atoms with Gasteiger partial charge in [-0.1, -0.05) is 26.4 Å². The molecule has 0 aromatic heterocycles. The predicted molar refractivity (Wildman–Crippen MR) is 52.7 cm³/mol. The molecule has 0 N–H and O–H groups in total. The second-order valence-electron chi connectivity index (χ2n) is 4.54. The Morgan fingerprint density at radius 3 is 2.75 bits per heavy atom. The topological polar surface area (TPSA) is 12.5 Å². The van der Waals surface area contributed by atoms with Gasteiger partial charge in [0.05, 0.1) is 20.1 Å². The molecule has 1 aliphatic carbocycles. The van der Waals surface area contributed by atoms with Crippen molar-refractivity contribution in [1.82, 2.24) is 0 Å². The highest BCUT2D eigenvalue weighted by Gasteiger charge is 2.60. The summed E-state index contributed by atoms with van der Waals surface area (Å²) in [5.74, 6) is 0.965. The van der Waals surface area contributed by atoms with Gasteiger partial charge in [0.2, 0.25) is 0 Å². The summed E-state index contributed by atoms with van der Waals surface area (Å²) in [6, 6.07) is 0. The molecule has 2 rings (SSSR count). The molecular weight excluding hydrogens is 164 g/mol. The van der Waals surface area contributed by atoms with Gasteiger partial charge in [-0.25, -0.2) is 0 Å². The predicted octanol–water partition coefficient (Wildman–Crippen LogP) is 2.63. The van der Waals surface area contributed by atoms with Crippen molar-refractivity contribution < 1.29 is 4.74 Å². The van der Waals surface area contributed by atoms with E-state index >= 15 is 0 Å². The molecule has 0 amide bonds. The summed E-state index contributed by atoms with van der Waals surface area (Å²) in [5.41, 5.74) is 0. The van der Waals surface area contributed by atoms with Crippen molar-refractivity contribution in [3.05, 3.63) is 0 Å². The molecular formula is C10H19OSi. The smallest absolute Gasteiger partial charge is 0.0860 e. The van der Waals surface area contributed by atoms with E-state index in [0.717, 1.165) is 5.92 Å². The van der Waals surface area contributed by atoms with E-state index in [4.69, 9.17) is 4.74 Å². The van der Waals surface area contributed by atoms with Gasteiger partial charge < -0.3 is 4.74 Å². The van der Waals surface area contributed by atoms with Gasteiger partial charge in [-0.3, -0.25) is 0 Å². The minimum absolute atomic E-state index is 0.213. The Labute approximate surface area is 77.1 Å². The minimum Gasteiger partial charge on any atom is -0.370 e. The molecule has 2 heteroatoms. The maximum Gasteiger partial charge on any atom is 0.0860 e. The average molecular weight is 183 g/mol. The van der Waals surface area contributed by atoms with Gasteiger partial charge in [0.15, 0.2) is 0 Å². The lowest BCUT2D eigenvalue weighted by Crippen LogP contribution is -2.35. The molecule has 3 atom stereocenters. The largest absolute Gasteiger partial charge is 0.370 e. The van der Waals surface area contributed by atoms with Gasteiger partial charge in [0.25, 0.3) is 0 Å². The van der Waals surface area contributed by atoms with Gasteiger partial charge >= 0.3 is 0 Å². The third-order valence-corrected chi connectivity index (χ3v) is 6.09. The van der Waals surface area contributed by atoms with E-state index in [-0.39, 0.29) is 8.80 Å². The summed E-state index contributed by atoms with van der Waals surface area (Å²) in [5, 5.41) is 0.427. The fraction of sp³-hybridized carbons (Fsp3) is 1.00. The van der Waals surface area contributed by atoms with Crippen molar-refractivity contribution in [2.24, 2.45) is 5.92 Å². The maximum atomic E-state index is 5.90. The van der Waals surface area contributed by atoms with E-state index in [0.29, 0.717) is 11.3 Å². The van der Waals surface area contributed by atoms with E-state index in [1.54, 1.807) is 0 Å². The van der Waals surface area contributed by atoms with Gasteiger partial charge in [0.1, 0.15) is 0 Å². The fourth-order valence-electron chi connectivity index (χ4n) is 2.58. The van der Waals surface area contributed by atoms with Crippen molar-refractivity contribution in [2.75, 3.05) is 0 Å². The van der Waals surface area contributed by atoms with E-state index in [1.807, 2.05) is 0 Å². The number of fused-ring (bicyclic) bond motifs is 1. The highest BCUT2D eigenvalue weighted by molar-refractivity contribution is 6.60. The van der Waals surface area contributed by atoms with Crippen LogP contribution in [0.1, 0.15) is 32.6 Å². The lowest BCUT2D eigenvalue weighted by atomic mass is 9.87. The second kappa shape index (κ2) is 2.84. The molecule has 0 spiro atoms. The molecule has 1 radical (unpaired) electrons. The lowest BCUT2D eigenvalue weighted by Gasteiger charge is -2.25. The van der Waals surface area contributed by atoms with E-state index in [9.17, 15) is 0 Å². The third-order valence-electron chi connectivity index (χ3n) is 3.71. The summed E-state index contributed by atoms with van der Waals surface area (Å²) >= 11 is 0. The van der Waals surface area contributed by atoms with Gasteiger partial charge in [-0.2, -0.15) is 0 Å². The monoisotopic (exact) mass is 183 g/mol. The minimum atomic E-state index is -0.213. The van der Waals surface area contributed by atoms with Gasteiger partial charge in [-0.05, 0) is 25.2 Å². The Morgan fingerprint density at radius 2 is 2.25 bits per heavy atom. The molecule has 1 nitrogen and oxygen atoms in total.